The van der Waals surface area contributed by atoms with Crippen molar-refractivity contribution in [1.82, 2.24) is 10.6 Å². The van der Waals surface area contributed by atoms with Crippen LogP contribution in [0.1, 0.15) is 30.9 Å². The summed E-state index contributed by atoms with van der Waals surface area (Å²) >= 11 is 0. The molecule has 2 rings (SSSR count). The van der Waals surface area contributed by atoms with Crippen molar-refractivity contribution in [3.05, 3.63) is 65.5 Å². The minimum atomic E-state index is -0.282. The van der Waals surface area contributed by atoms with Crippen LogP contribution in [-0.4, -0.2) is 25.7 Å². The zero-order chi connectivity index (χ0) is 18.1. The van der Waals surface area contributed by atoms with Crippen molar-refractivity contribution in [2.24, 2.45) is 0 Å². The smallest absolute Gasteiger partial charge is 0.314 e. The lowest BCUT2D eigenvalue weighted by molar-refractivity contribution is 0.236. The van der Waals surface area contributed by atoms with E-state index in [1.54, 1.807) is 18.2 Å². The molecular formula is C20H25FN2O2. The number of benzene rings is 2. The van der Waals surface area contributed by atoms with Gasteiger partial charge < -0.3 is 15.4 Å². The maximum atomic E-state index is 13.5. The molecule has 0 aliphatic rings. The summed E-state index contributed by atoms with van der Waals surface area (Å²) < 4.78 is 19.1. The Morgan fingerprint density at radius 1 is 1.08 bits per heavy atom. The summed E-state index contributed by atoms with van der Waals surface area (Å²) in [6, 6.07) is 14.2. The lowest BCUT2D eigenvalue weighted by Crippen LogP contribution is -2.38. The number of rotatable bonds is 8. The van der Waals surface area contributed by atoms with Crippen LogP contribution in [0.5, 0.6) is 5.75 Å². The third-order valence-electron chi connectivity index (χ3n) is 3.82. The van der Waals surface area contributed by atoms with Crippen LogP contribution in [0, 0.1) is 5.82 Å². The second-order valence-electron chi connectivity index (χ2n) is 6.10. The molecule has 25 heavy (non-hydrogen) atoms. The van der Waals surface area contributed by atoms with Crippen molar-refractivity contribution in [3.63, 3.8) is 0 Å². The summed E-state index contributed by atoms with van der Waals surface area (Å²) in [5.41, 5.74) is 1.81. The first-order chi connectivity index (χ1) is 12.1. The molecule has 5 heteroatoms. The van der Waals surface area contributed by atoms with E-state index in [2.05, 4.69) is 30.5 Å². The van der Waals surface area contributed by atoms with Gasteiger partial charge in [-0.05, 0) is 41.7 Å². The molecule has 0 radical (unpaired) electrons. The van der Waals surface area contributed by atoms with Crippen LogP contribution in [0.15, 0.2) is 48.5 Å². The lowest BCUT2D eigenvalue weighted by atomic mass is 10.0. The molecule has 2 N–H and O–H groups in total. The number of amides is 2. The summed E-state index contributed by atoms with van der Waals surface area (Å²) in [7, 11) is 0. The summed E-state index contributed by atoms with van der Waals surface area (Å²) in [6.45, 7) is 5.43. The van der Waals surface area contributed by atoms with Crippen molar-refractivity contribution in [1.29, 1.82) is 0 Å². The van der Waals surface area contributed by atoms with Crippen LogP contribution >= 0.6 is 0 Å². The maximum absolute atomic E-state index is 13.5. The maximum Gasteiger partial charge on any atom is 0.314 e. The number of hydrogen-bond donors (Lipinski definition) is 2. The molecule has 0 fully saturated rings. The van der Waals surface area contributed by atoms with Gasteiger partial charge in [0.15, 0.2) is 0 Å². The highest BCUT2D eigenvalue weighted by Gasteiger charge is 2.04. The van der Waals surface area contributed by atoms with Crippen molar-refractivity contribution in [2.75, 3.05) is 19.7 Å². The Morgan fingerprint density at radius 3 is 2.60 bits per heavy atom. The van der Waals surface area contributed by atoms with Gasteiger partial charge in [-0.3, -0.25) is 0 Å². The van der Waals surface area contributed by atoms with Gasteiger partial charge in [-0.2, -0.15) is 0 Å². The largest absolute Gasteiger partial charge is 0.492 e. The fourth-order valence-corrected chi connectivity index (χ4v) is 2.37. The van der Waals surface area contributed by atoms with Crippen molar-refractivity contribution < 1.29 is 13.9 Å². The molecule has 0 saturated heterocycles. The molecule has 0 atom stereocenters. The van der Waals surface area contributed by atoms with Gasteiger partial charge in [-0.15, -0.1) is 0 Å². The van der Waals surface area contributed by atoms with Gasteiger partial charge in [0.05, 0.1) is 6.54 Å². The fourth-order valence-electron chi connectivity index (χ4n) is 2.37. The quantitative estimate of drug-likeness (QED) is 0.714. The van der Waals surface area contributed by atoms with Crippen molar-refractivity contribution in [2.45, 2.75) is 26.2 Å². The highest BCUT2D eigenvalue weighted by Crippen LogP contribution is 2.19. The Bertz CT molecular complexity index is 689. The van der Waals surface area contributed by atoms with E-state index in [1.807, 2.05) is 18.2 Å². The first-order valence-corrected chi connectivity index (χ1v) is 8.54. The zero-order valence-electron chi connectivity index (χ0n) is 14.7. The lowest BCUT2D eigenvalue weighted by Gasteiger charge is -2.11. The van der Waals surface area contributed by atoms with Crippen LogP contribution in [0.4, 0.5) is 9.18 Å². The first kappa shape index (κ1) is 18.8. The number of nitrogens with one attached hydrogen (secondary N) is 2. The van der Waals surface area contributed by atoms with Gasteiger partial charge in [0.25, 0.3) is 0 Å². The van der Waals surface area contributed by atoms with E-state index in [0.29, 0.717) is 37.6 Å². The van der Waals surface area contributed by atoms with Crippen LogP contribution in [0.25, 0.3) is 0 Å². The van der Waals surface area contributed by atoms with Gasteiger partial charge >= 0.3 is 6.03 Å². The van der Waals surface area contributed by atoms with E-state index < -0.39 is 0 Å². The topological polar surface area (TPSA) is 50.4 Å². The van der Waals surface area contributed by atoms with Crippen LogP contribution in [0.2, 0.25) is 0 Å². The van der Waals surface area contributed by atoms with Gasteiger partial charge in [0.2, 0.25) is 0 Å². The molecule has 4 nitrogen and oxygen atoms in total. The molecule has 0 heterocycles. The summed E-state index contributed by atoms with van der Waals surface area (Å²) in [5.74, 6) is 0.997. The molecular weight excluding hydrogens is 319 g/mol. The van der Waals surface area contributed by atoms with Crippen LogP contribution < -0.4 is 15.4 Å². The molecule has 0 unspecified atom stereocenters. The monoisotopic (exact) mass is 344 g/mol. The molecule has 0 aliphatic heterocycles. The Kier molecular flexibility index (Phi) is 7.26. The van der Waals surface area contributed by atoms with Gasteiger partial charge in [-0.25, -0.2) is 9.18 Å². The normalized spacial score (nSPS) is 10.6. The number of halogens is 1. The number of hydrogen-bond acceptors (Lipinski definition) is 2. The molecule has 0 bridgehead atoms. The van der Waals surface area contributed by atoms with Gasteiger partial charge in [-0.1, -0.05) is 44.2 Å². The SMILES string of the molecule is CC(C)c1cccc(OCCNC(=O)NCCc2ccccc2F)c1. The Morgan fingerprint density at radius 2 is 1.84 bits per heavy atom. The third kappa shape index (κ3) is 6.45. The van der Waals surface area contributed by atoms with Crippen LogP contribution in [0.3, 0.4) is 0 Å². The molecule has 134 valence electrons. The molecule has 0 aromatic heterocycles. The number of carbonyl (C=O) groups is 1. The minimum Gasteiger partial charge on any atom is -0.492 e. The van der Waals surface area contributed by atoms with E-state index in [4.69, 9.17) is 4.74 Å². The van der Waals surface area contributed by atoms with Crippen molar-refractivity contribution in [3.8, 4) is 5.75 Å². The minimum absolute atomic E-state index is 0.248. The second kappa shape index (κ2) is 9.67. The highest BCUT2D eigenvalue weighted by atomic mass is 19.1. The summed E-state index contributed by atoms with van der Waals surface area (Å²) in [5, 5.41) is 5.43. The van der Waals surface area contributed by atoms with Crippen LogP contribution in [-0.2, 0) is 6.42 Å². The second-order valence-corrected chi connectivity index (χ2v) is 6.10. The summed E-state index contributed by atoms with van der Waals surface area (Å²) in [4.78, 5) is 11.7. The van der Waals surface area contributed by atoms with E-state index in [1.165, 1.54) is 11.6 Å². The predicted molar refractivity (Wildman–Crippen MR) is 97.5 cm³/mol. The highest BCUT2D eigenvalue weighted by molar-refractivity contribution is 5.73. The zero-order valence-corrected chi connectivity index (χ0v) is 14.7. The number of ether oxygens (including phenoxy) is 1. The number of carbonyl (C=O) groups excluding carboxylic acids is 1. The Labute approximate surface area is 148 Å². The fraction of sp³-hybridized carbons (Fsp3) is 0.350. The molecule has 2 aromatic carbocycles. The predicted octanol–water partition coefficient (Wildman–Crippen LogP) is 3.87. The average molecular weight is 344 g/mol. The molecule has 0 spiro atoms. The average Bonchev–Trinajstić information content (AvgIpc) is 2.60. The van der Waals surface area contributed by atoms with E-state index in [0.717, 1.165) is 5.75 Å². The third-order valence-corrected chi connectivity index (χ3v) is 3.82. The Hall–Kier alpha value is -2.56. The van der Waals surface area contributed by atoms with E-state index >= 15 is 0 Å². The standard InChI is InChI=1S/C20H25FN2O2/c1-15(2)17-7-5-8-18(14-17)25-13-12-23-20(24)22-11-10-16-6-3-4-9-19(16)21/h3-9,14-15H,10-13H2,1-2H3,(H2,22,23,24). The molecule has 0 aliphatic carbocycles. The first-order valence-electron chi connectivity index (χ1n) is 8.54. The molecule has 2 aromatic rings. The Balaban J connectivity index is 1.62. The van der Waals surface area contributed by atoms with Gasteiger partial charge in [0, 0.05) is 6.54 Å². The van der Waals surface area contributed by atoms with E-state index in [-0.39, 0.29) is 11.8 Å². The van der Waals surface area contributed by atoms with E-state index in [9.17, 15) is 9.18 Å². The number of urea groups is 1. The van der Waals surface area contributed by atoms with Gasteiger partial charge in [0.1, 0.15) is 18.2 Å². The van der Waals surface area contributed by atoms with Crippen molar-refractivity contribution >= 4 is 6.03 Å². The summed E-state index contributed by atoms with van der Waals surface area (Å²) in [6.07, 6.45) is 0.457. The molecule has 2 amide bonds. The molecule has 0 saturated carbocycles.